The van der Waals surface area contributed by atoms with E-state index in [4.69, 9.17) is 4.74 Å². The van der Waals surface area contributed by atoms with Gasteiger partial charge in [0.05, 0.1) is 24.2 Å². The van der Waals surface area contributed by atoms with E-state index in [-0.39, 0.29) is 5.54 Å². The SMILES string of the molecule is COCC(C)(C)n1cnc(CNCC(C)C)c1. The smallest absolute Gasteiger partial charge is 0.0955 e. The predicted octanol–water partition coefficient (Wildman–Crippen LogP) is 2.01. The molecule has 1 N–H and O–H groups in total. The molecule has 0 amide bonds. The van der Waals surface area contributed by atoms with E-state index >= 15 is 0 Å². The number of nitrogens with one attached hydrogen (secondary N) is 1. The lowest BCUT2D eigenvalue weighted by Crippen LogP contribution is -2.30. The molecule has 0 saturated carbocycles. The standard InChI is InChI=1S/C13H25N3O/c1-11(2)6-14-7-12-8-16(10-15-12)13(3,4)9-17-5/h8,10-11,14H,6-7,9H2,1-5H3. The first-order valence-corrected chi connectivity index (χ1v) is 6.18. The molecule has 0 saturated heterocycles. The Morgan fingerprint density at radius 2 is 2.18 bits per heavy atom. The summed E-state index contributed by atoms with van der Waals surface area (Å²) in [7, 11) is 1.73. The van der Waals surface area contributed by atoms with Gasteiger partial charge in [-0.05, 0) is 26.3 Å². The van der Waals surface area contributed by atoms with E-state index < -0.39 is 0 Å². The minimum absolute atomic E-state index is 0.0436. The highest BCUT2D eigenvalue weighted by Crippen LogP contribution is 2.15. The van der Waals surface area contributed by atoms with Crippen molar-refractivity contribution in [1.82, 2.24) is 14.9 Å². The van der Waals surface area contributed by atoms with Crippen molar-refractivity contribution in [2.75, 3.05) is 20.3 Å². The highest BCUT2D eigenvalue weighted by atomic mass is 16.5. The van der Waals surface area contributed by atoms with Gasteiger partial charge in [0, 0.05) is 19.9 Å². The Morgan fingerprint density at radius 3 is 2.76 bits per heavy atom. The van der Waals surface area contributed by atoms with Gasteiger partial charge in [-0.1, -0.05) is 13.8 Å². The van der Waals surface area contributed by atoms with Crippen LogP contribution < -0.4 is 5.32 Å². The third-order valence-corrected chi connectivity index (χ3v) is 2.69. The summed E-state index contributed by atoms with van der Waals surface area (Å²) >= 11 is 0. The van der Waals surface area contributed by atoms with Crippen LogP contribution in [0.3, 0.4) is 0 Å². The molecule has 1 heterocycles. The first kappa shape index (κ1) is 14.2. The van der Waals surface area contributed by atoms with E-state index in [2.05, 4.69) is 48.8 Å². The van der Waals surface area contributed by atoms with Crippen molar-refractivity contribution in [3.8, 4) is 0 Å². The van der Waals surface area contributed by atoms with Gasteiger partial charge in [0.25, 0.3) is 0 Å². The van der Waals surface area contributed by atoms with E-state index in [1.54, 1.807) is 7.11 Å². The molecule has 0 aliphatic rings. The van der Waals surface area contributed by atoms with Gasteiger partial charge in [0.15, 0.2) is 0 Å². The fourth-order valence-electron chi connectivity index (χ4n) is 1.70. The average molecular weight is 239 g/mol. The number of nitrogens with zero attached hydrogens (tertiary/aromatic N) is 2. The Kier molecular flexibility index (Phi) is 5.15. The van der Waals surface area contributed by atoms with Crippen LogP contribution in [0.4, 0.5) is 0 Å². The molecule has 1 rings (SSSR count). The topological polar surface area (TPSA) is 39.1 Å². The Bertz CT molecular complexity index is 331. The molecule has 4 nitrogen and oxygen atoms in total. The summed E-state index contributed by atoms with van der Waals surface area (Å²) in [4.78, 5) is 4.41. The summed E-state index contributed by atoms with van der Waals surface area (Å²) in [6.07, 6.45) is 3.97. The Labute approximate surface area is 104 Å². The Morgan fingerprint density at radius 1 is 1.47 bits per heavy atom. The molecule has 0 bridgehead atoms. The van der Waals surface area contributed by atoms with Crippen molar-refractivity contribution in [1.29, 1.82) is 0 Å². The molecule has 98 valence electrons. The maximum atomic E-state index is 5.22. The molecule has 0 atom stereocenters. The van der Waals surface area contributed by atoms with Gasteiger partial charge < -0.3 is 14.6 Å². The van der Waals surface area contributed by atoms with Crippen molar-refractivity contribution in [2.45, 2.75) is 39.8 Å². The molecule has 0 aliphatic carbocycles. The van der Waals surface area contributed by atoms with Gasteiger partial charge in [-0.25, -0.2) is 4.98 Å². The van der Waals surface area contributed by atoms with Crippen LogP contribution >= 0.6 is 0 Å². The van der Waals surface area contributed by atoms with Crippen molar-refractivity contribution in [2.24, 2.45) is 5.92 Å². The zero-order valence-electron chi connectivity index (χ0n) is 11.7. The summed E-state index contributed by atoms with van der Waals surface area (Å²) < 4.78 is 7.33. The third kappa shape index (κ3) is 4.48. The number of rotatable bonds is 7. The minimum atomic E-state index is -0.0436. The molecular formula is C13H25N3O. The summed E-state index contributed by atoms with van der Waals surface area (Å²) in [5.74, 6) is 0.669. The largest absolute Gasteiger partial charge is 0.382 e. The van der Waals surface area contributed by atoms with Gasteiger partial charge >= 0.3 is 0 Å². The van der Waals surface area contributed by atoms with Crippen LogP contribution in [0.25, 0.3) is 0 Å². The number of hydrogen-bond donors (Lipinski definition) is 1. The van der Waals surface area contributed by atoms with Crippen molar-refractivity contribution in [3.05, 3.63) is 18.2 Å². The lowest BCUT2D eigenvalue weighted by Gasteiger charge is -2.25. The summed E-state index contributed by atoms with van der Waals surface area (Å²) in [6.45, 7) is 11.2. The monoisotopic (exact) mass is 239 g/mol. The molecule has 1 aromatic heterocycles. The lowest BCUT2D eigenvalue weighted by atomic mass is 10.1. The Balaban J connectivity index is 2.53. The lowest BCUT2D eigenvalue weighted by molar-refractivity contribution is 0.109. The predicted molar refractivity (Wildman–Crippen MR) is 70.0 cm³/mol. The molecule has 0 radical (unpaired) electrons. The van der Waals surface area contributed by atoms with E-state index in [0.717, 1.165) is 18.8 Å². The number of hydrogen-bond acceptors (Lipinski definition) is 3. The van der Waals surface area contributed by atoms with Gasteiger partial charge in [0.1, 0.15) is 0 Å². The fraction of sp³-hybridized carbons (Fsp3) is 0.769. The molecule has 0 aliphatic heterocycles. The van der Waals surface area contributed by atoms with Crippen LogP contribution in [0.5, 0.6) is 0 Å². The minimum Gasteiger partial charge on any atom is -0.382 e. The number of aromatic nitrogens is 2. The fourth-order valence-corrected chi connectivity index (χ4v) is 1.70. The van der Waals surface area contributed by atoms with Gasteiger partial charge in [0.2, 0.25) is 0 Å². The number of imidazole rings is 1. The van der Waals surface area contributed by atoms with Crippen LogP contribution in [0.1, 0.15) is 33.4 Å². The maximum absolute atomic E-state index is 5.22. The number of ether oxygens (including phenoxy) is 1. The molecule has 4 heteroatoms. The highest BCUT2D eigenvalue weighted by molar-refractivity contribution is 4.99. The zero-order valence-corrected chi connectivity index (χ0v) is 11.7. The van der Waals surface area contributed by atoms with Crippen molar-refractivity contribution < 1.29 is 4.74 Å². The van der Waals surface area contributed by atoms with E-state index in [0.29, 0.717) is 12.5 Å². The van der Waals surface area contributed by atoms with E-state index in [1.807, 2.05) is 6.33 Å². The molecule has 0 spiro atoms. The van der Waals surface area contributed by atoms with Crippen LogP contribution in [-0.4, -0.2) is 29.8 Å². The maximum Gasteiger partial charge on any atom is 0.0955 e. The van der Waals surface area contributed by atoms with E-state index in [9.17, 15) is 0 Å². The second kappa shape index (κ2) is 6.17. The van der Waals surface area contributed by atoms with Crippen LogP contribution in [0.15, 0.2) is 12.5 Å². The molecule has 17 heavy (non-hydrogen) atoms. The van der Waals surface area contributed by atoms with Crippen molar-refractivity contribution >= 4 is 0 Å². The van der Waals surface area contributed by atoms with Crippen LogP contribution in [0.2, 0.25) is 0 Å². The average Bonchev–Trinajstić information content (AvgIpc) is 2.66. The van der Waals surface area contributed by atoms with Crippen LogP contribution in [-0.2, 0) is 16.8 Å². The molecule has 0 unspecified atom stereocenters. The second-order valence-electron chi connectivity index (χ2n) is 5.54. The molecular weight excluding hydrogens is 214 g/mol. The zero-order chi connectivity index (χ0) is 12.9. The quantitative estimate of drug-likeness (QED) is 0.791. The van der Waals surface area contributed by atoms with Gasteiger partial charge in [-0.3, -0.25) is 0 Å². The van der Waals surface area contributed by atoms with E-state index in [1.165, 1.54) is 0 Å². The molecule has 0 aromatic carbocycles. The summed E-state index contributed by atoms with van der Waals surface area (Å²) in [5, 5.41) is 3.39. The van der Waals surface area contributed by atoms with Crippen LogP contribution in [0, 0.1) is 5.92 Å². The normalized spacial score (nSPS) is 12.4. The van der Waals surface area contributed by atoms with Crippen molar-refractivity contribution in [3.63, 3.8) is 0 Å². The summed E-state index contributed by atoms with van der Waals surface area (Å²) in [6, 6.07) is 0. The Hall–Kier alpha value is -0.870. The first-order valence-electron chi connectivity index (χ1n) is 6.18. The first-order chi connectivity index (χ1) is 7.95. The second-order valence-corrected chi connectivity index (χ2v) is 5.54. The molecule has 1 aromatic rings. The highest BCUT2D eigenvalue weighted by Gasteiger charge is 2.19. The van der Waals surface area contributed by atoms with Gasteiger partial charge in [-0.2, -0.15) is 0 Å². The number of methoxy groups -OCH3 is 1. The molecule has 0 fully saturated rings. The summed E-state index contributed by atoms with van der Waals surface area (Å²) in [5.41, 5.74) is 1.03. The third-order valence-electron chi connectivity index (χ3n) is 2.69. The van der Waals surface area contributed by atoms with Gasteiger partial charge in [-0.15, -0.1) is 0 Å².